The Kier molecular flexibility index (Phi) is 3.01. The maximum atomic E-state index is 11.4. The van der Waals surface area contributed by atoms with E-state index in [1.54, 1.807) is 0 Å². The van der Waals surface area contributed by atoms with Gasteiger partial charge in [-0.25, -0.2) is 0 Å². The lowest BCUT2D eigenvalue weighted by Crippen LogP contribution is -2.55. The highest BCUT2D eigenvalue weighted by atomic mass is 16.4. The maximum Gasteiger partial charge on any atom is 0.323 e. The summed E-state index contributed by atoms with van der Waals surface area (Å²) in [5.41, 5.74) is -0.611. The standard InChI is InChI=1S/C12H21NO2/c1-9-3-2-6-12(7-9,11(14)15)13-8-10-4-5-10/h9-10,13H,2-8H2,1H3,(H,14,15). The van der Waals surface area contributed by atoms with E-state index in [2.05, 4.69) is 12.2 Å². The topological polar surface area (TPSA) is 49.3 Å². The van der Waals surface area contributed by atoms with Crippen LogP contribution in [0.1, 0.15) is 45.4 Å². The minimum atomic E-state index is -0.644. The monoisotopic (exact) mass is 211 g/mol. The normalized spacial score (nSPS) is 36.5. The molecule has 2 N–H and O–H groups in total. The molecule has 3 nitrogen and oxygen atoms in total. The first kappa shape index (κ1) is 10.9. The van der Waals surface area contributed by atoms with Crippen molar-refractivity contribution >= 4 is 5.97 Å². The van der Waals surface area contributed by atoms with E-state index in [1.807, 2.05) is 0 Å². The van der Waals surface area contributed by atoms with Gasteiger partial charge in [-0.1, -0.05) is 19.8 Å². The first-order valence-electron chi connectivity index (χ1n) is 6.11. The van der Waals surface area contributed by atoms with Crippen molar-refractivity contribution in [2.45, 2.75) is 51.0 Å². The van der Waals surface area contributed by atoms with Gasteiger partial charge in [0.1, 0.15) is 5.54 Å². The molecule has 2 aliphatic carbocycles. The molecule has 2 fully saturated rings. The summed E-state index contributed by atoms with van der Waals surface area (Å²) in [5, 5.41) is 12.7. The quantitative estimate of drug-likeness (QED) is 0.748. The molecule has 2 saturated carbocycles. The van der Waals surface area contributed by atoms with Gasteiger partial charge in [0, 0.05) is 0 Å². The number of aliphatic carboxylic acids is 1. The third kappa shape index (κ3) is 2.51. The van der Waals surface area contributed by atoms with E-state index in [9.17, 15) is 9.90 Å². The highest BCUT2D eigenvalue weighted by Crippen LogP contribution is 2.34. The number of nitrogens with one attached hydrogen (secondary N) is 1. The molecule has 0 aromatic rings. The lowest BCUT2D eigenvalue weighted by molar-refractivity contribution is -0.147. The molecule has 0 heterocycles. The number of carbonyl (C=O) groups is 1. The van der Waals surface area contributed by atoms with Crippen LogP contribution in [-0.4, -0.2) is 23.2 Å². The van der Waals surface area contributed by atoms with Crippen molar-refractivity contribution in [3.63, 3.8) is 0 Å². The molecule has 0 amide bonds. The van der Waals surface area contributed by atoms with Gasteiger partial charge in [-0.05, 0) is 44.1 Å². The van der Waals surface area contributed by atoms with Crippen molar-refractivity contribution in [1.82, 2.24) is 5.32 Å². The summed E-state index contributed by atoms with van der Waals surface area (Å²) in [4.78, 5) is 11.4. The van der Waals surface area contributed by atoms with E-state index < -0.39 is 11.5 Å². The van der Waals surface area contributed by atoms with Crippen molar-refractivity contribution in [1.29, 1.82) is 0 Å². The number of rotatable bonds is 4. The van der Waals surface area contributed by atoms with E-state index in [4.69, 9.17) is 0 Å². The Labute approximate surface area is 91.2 Å². The van der Waals surface area contributed by atoms with Crippen molar-refractivity contribution < 1.29 is 9.90 Å². The minimum absolute atomic E-state index is 0.543. The van der Waals surface area contributed by atoms with Crippen molar-refractivity contribution in [2.75, 3.05) is 6.54 Å². The van der Waals surface area contributed by atoms with Crippen LogP contribution in [0.3, 0.4) is 0 Å². The van der Waals surface area contributed by atoms with Gasteiger partial charge < -0.3 is 10.4 Å². The van der Waals surface area contributed by atoms with Crippen LogP contribution in [0.2, 0.25) is 0 Å². The summed E-state index contributed by atoms with van der Waals surface area (Å²) in [7, 11) is 0. The molecule has 0 aliphatic heterocycles. The molecule has 0 aromatic carbocycles. The summed E-state index contributed by atoms with van der Waals surface area (Å²) in [5.74, 6) is 0.648. The van der Waals surface area contributed by atoms with Gasteiger partial charge >= 0.3 is 5.97 Å². The van der Waals surface area contributed by atoms with Gasteiger partial charge in [0.15, 0.2) is 0 Å². The zero-order chi connectivity index (χ0) is 10.9. The van der Waals surface area contributed by atoms with Gasteiger partial charge in [0.25, 0.3) is 0 Å². The van der Waals surface area contributed by atoms with E-state index in [0.717, 1.165) is 31.7 Å². The Balaban J connectivity index is 1.97. The molecule has 2 unspecified atom stereocenters. The molecular formula is C12H21NO2. The number of carboxylic acid groups (broad SMARTS) is 1. The molecule has 0 aromatic heterocycles. The second-order valence-electron chi connectivity index (χ2n) is 5.41. The Morgan fingerprint density at radius 2 is 2.20 bits per heavy atom. The molecule has 0 bridgehead atoms. The number of carboxylic acids is 1. The number of hydrogen-bond acceptors (Lipinski definition) is 2. The van der Waals surface area contributed by atoms with Crippen LogP contribution in [0.5, 0.6) is 0 Å². The molecule has 86 valence electrons. The SMILES string of the molecule is CC1CCCC(NCC2CC2)(C(=O)O)C1. The van der Waals surface area contributed by atoms with Crippen LogP contribution < -0.4 is 5.32 Å². The maximum absolute atomic E-state index is 11.4. The number of hydrogen-bond donors (Lipinski definition) is 2. The summed E-state index contributed by atoms with van der Waals surface area (Å²) >= 11 is 0. The highest BCUT2D eigenvalue weighted by molar-refractivity contribution is 5.79. The van der Waals surface area contributed by atoms with Gasteiger partial charge in [-0.3, -0.25) is 4.79 Å². The van der Waals surface area contributed by atoms with E-state index >= 15 is 0 Å². The van der Waals surface area contributed by atoms with Crippen LogP contribution in [-0.2, 0) is 4.79 Å². The molecule has 15 heavy (non-hydrogen) atoms. The summed E-state index contributed by atoms with van der Waals surface area (Å²) < 4.78 is 0. The van der Waals surface area contributed by atoms with Crippen LogP contribution in [0.15, 0.2) is 0 Å². The fourth-order valence-electron chi connectivity index (χ4n) is 2.64. The molecule has 2 aliphatic rings. The molecule has 2 atom stereocenters. The minimum Gasteiger partial charge on any atom is -0.480 e. The zero-order valence-electron chi connectivity index (χ0n) is 9.46. The molecular weight excluding hydrogens is 190 g/mol. The fraction of sp³-hybridized carbons (Fsp3) is 0.917. The van der Waals surface area contributed by atoms with E-state index in [-0.39, 0.29) is 0 Å². The predicted molar refractivity (Wildman–Crippen MR) is 58.7 cm³/mol. The average Bonchev–Trinajstić information content (AvgIpc) is 2.98. The van der Waals surface area contributed by atoms with Crippen molar-refractivity contribution in [2.24, 2.45) is 11.8 Å². The highest BCUT2D eigenvalue weighted by Gasteiger charge is 2.42. The lowest BCUT2D eigenvalue weighted by atomic mass is 9.76. The van der Waals surface area contributed by atoms with Crippen LogP contribution in [0, 0.1) is 11.8 Å². The van der Waals surface area contributed by atoms with Crippen molar-refractivity contribution in [3.8, 4) is 0 Å². The van der Waals surface area contributed by atoms with Crippen molar-refractivity contribution in [3.05, 3.63) is 0 Å². The third-order valence-electron chi connectivity index (χ3n) is 3.83. The van der Waals surface area contributed by atoms with Gasteiger partial charge in [0.2, 0.25) is 0 Å². The van der Waals surface area contributed by atoms with E-state index in [1.165, 1.54) is 19.3 Å². The molecule has 0 saturated heterocycles. The van der Waals surface area contributed by atoms with Gasteiger partial charge in [-0.2, -0.15) is 0 Å². The first-order valence-corrected chi connectivity index (χ1v) is 6.11. The fourth-order valence-corrected chi connectivity index (χ4v) is 2.64. The smallest absolute Gasteiger partial charge is 0.323 e. The summed E-state index contributed by atoms with van der Waals surface area (Å²) in [6.45, 7) is 3.06. The van der Waals surface area contributed by atoms with E-state index in [0.29, 0.717) is 5.92 Å². The van der Waals surface area contributed by atoms with Crippen LogP contribution >= 0.6 is 0 Å². The Bertz CT molecular complexity index is 250. The largest absolute Gasteiger partial charge is 0.480 e. The Hall–Kier alpha value is -0.570. The summed E-state index contributed by atoms with van der Waals surface area (Å²) in [6.07, 6.45) is 6.39. The Morgan fingerprint density at radius 1 is 1.47 bits per heavy atom. The summed E-state index contributed by atoms with van der Waals surface area (Å²) in [6, 6.07) is 0. The molecule has 0 spiro atoms. The second-order valence-corrected chi connectivity index (χ2v) is 5.41. The van der Waals surface area contributed by atoms with Crippen LogP contribution in [0.4, 0.5) is 0 Å². The van der Waals surface area contributed by atoms with Crippen LogP contribution in [0.25, 0.3) is 0 Å². The first-order chi connectivity index (χ1) is 7.12. The molecule has 2 rings (SSSR count). The van der Waals surface area contributed by atoms with Gasteiger partial charge in [0.05, 0.1) is 0 Å². The molecule has 0 radical (unpaired) electrons. The zero-order valence-corrected chi connectivity index (χ0v) is 9.46. The third-order valence-corrected chi connectivity index (χ3v) is 3.83. The lowest BCUT2D eigenvalue weighted by Gasteiger charge is -2.37. The second kappa shape index (κ2) is 4.12. The Morgan fingerprint density at radius 3 is 2.73 bits per heavy atom. The predicted octanol–water partition coefficient (Wildman–Crippen LogP) is 2.02. The average molecular weight is 211 g/mol. The van der Waals surface area contributed by atoms with Gasteiger partial charge in [-0.15, -0.1) is 0 Å². The molecule has 3 heteroatoms.